The number of hydrogen-bond acceptors (Lipinski definition) is 4. The normalized spacial score (nSPS) is 24.6. The van der Waals surface area contributed by atoms with Crippen molar-refractivity contribution in [2.45, 2.75) is 59.1 Å². The van der Waals surface area contributed by atoms with E-state index in [1.165, 1.54) is 12.8 Å². The smallest absolute Gasteiger partial charge is 0.186 e. The van der Waals surface area contributed by atoms with Crippen LogP contribution in [0.25, 0.3) is 0 Å². The molecule has 2 unspecified atom stereocenters. The molecule has 1 saturated heterocycles. The predicted octanol–water partition coefficient (Wildman–Crippen LogP) is 3.21. The lowest BCUT2D eigenvalue weighted by molar-refractivity contribution is 0.284. The lowest BCUT2D eigenvalue weighted by atomic mass is 9.93. The first-order chi connectivity index (χ1) is 8.67. The lowest BCUT2D eigenvalue weighted by Gasteiger charge is -2.37. The molecule has 0 saturated carbocycles. The van der Waals surface area contributed by atoms with Gasteiger partial charge in [0.15, 0.2) is 5.13 Å². The molecule has 0 radical (unpaired) electrons. The molecule has 1 aliphatic heterocycles. The van der Waals surface area contributed by atoms with Gasteiger partial charge in [0.2, 0.25) is 0 Å². The molecule has 0 bridgehead atoms. The van der Waals surface area contributed by atoms with Crippen LogP contribution in [0, 0.1) is 5.92 Å². The van der Waals surface area contributed by atoms with Gasteiger partial charge in [0.25, 0.3) is 0 Å². The van der Waals surface area contributed by atoms with E-state index in [1.54, 1.807) is 11.3 Å². The molecule has 3 nitrogen and oxygen atoms in total. The van der Waals surface area contributed by atoms with E-state index in [4.69, 9.17) is 4.98 Å². The fourth-order valence-corrected chi connectivity index (χ4v) is 3.73. The van der Waals surface area contributed by atoms with Gasteiger partial charge in [-0.15, -0.1) is 0 Å². The van der Waals surface area contributed by atoms with Crippen molar-refractivity contribution in [2.75, 3.05) is 11.4 Å². The maximum Gasteiger partial charge on any atom is 0.186 e. The molecule has 0 spiro atoms. The third-order valence-electron chi connectivity index (χ3n) is 4.02. The summed E-state index contributed by atoms with van der Waals surface area (Å²) in [5.74, 6) is 0.731. The zero-order valence-electron chi connectivity index (χ0n) is 11.6. The monoisotopic (exact) mass is 268 g/mol. The Balaban J connectivity index is 2.21. The zero-order chi connectivity index (χ0) is 13.1. The van der Waals surface area contributed by atoms with Gasteiger partial charge in [-0.3, -0.25) is 0 Å². The molecule has 4 heteroatoms. The molecule has 2 atom stereocenters. The number of rotatable bonds is 4. The van der Waals surface area contributed by atoms with Crippen molar-refractivity contribution < 1.29 is 5.11 Å². The van der Waals surface area contributed by atoms with Crippen LogP contribution in [0.2, 0.25) is 0 Å². The second kappa shape index (κ2) is 6.02. The molecule has 1 aromatic heterocycles. The maximum absolute atomic E-state index is 9.43. The molecule has 0 aromatic carbocycles. The first-order valence-electron chi connectivity index (χ1n) is 7.03. The number of aliphatic hydroxyl groups excluding tert-OH is 1. The number of aromatic nitrogens is 1. The van der Waals surface area contributed by atoms with Crippen molar-refractivity contribution in [1.82, 2.24) is 4.98 Å². The molecule has 2 heterocycles. The van der Waals surface area contributed by atoms with E-state index >= 15 is 0 Å². The number of anilines is 1. The number of aliphatic hydroxyl groups is 1. The summed E-state index contributed by atoms with van der Waals surface area (Å²) in [6.45, 7) is 8.01. The Morgan fingerprint density at radius 2 is 2.22 bits per heavy atom. The van der Waals surface area contributed by atoms with E-state index in [-0.39, 0.29) is 6.61 Å². The van der Waals surface area contributed by atoms with Crippen molar-refractivity contribution >= 4 is 16.5 Å². The molecule has 2 rings (SSSR count). The van der Waals surface area contributed by atoms with Crippen molar-refractivity contribution in [3.8, 4) is 0 Å². The van der Waals surface area contributed by atoms with E-state index in [1.807, 2.05) is 0 Å². The lowest BCUT2D eigenvalue weighted by Crippen LogP contribution is -2.42. The van der Waals surface area contributed by atoms with Gasteiger partial charge in [-0.05, 0) is 32.1 Å². The highest BCUT2D eigenvalue weighted by Gasteiger charge is 2.27. The molecule has 0 aliphatic carbocycles. The Hall–Kier alpha value is -0.610. The van der Waals surface area contributed by atoms with Crippen molar-refractivity contribution in [2.24, 2.45) is 5.92 Å². The van der Waals surface area contributed by atoms with E-state index in [9.17, 15) is 5.11 Å². The van der Waals surface area contributed by atoms with Crippen LogP contribution >= 0.6 is 11.3 Å². The number of piperidine rings is 1. The van der Waals surface area contributed by atoms with Gasteiger partial charge >= 0.3 is 0 Å². The highest BCUT2D eigenvalue weighted by atomic mass is 32.1. The first-order valence-corrected chi connectivity index (χ1v) is 7.85. The molecule has 1 aromatic rings. The number of aryl methyl sites for hydroxylation is 1. The minimum Gasteiger partial charge on any atom is -0.391 e. The third kappa shape index (κ3) is 2.69. The molecule has 102 valence electrons. The van der Waals surface area contributed by atoms with Crippen LogP contribution < -0.4 is 4.90 Å². The minimum atomic E-state index is 0.130. The maximum atomic E-state index is 9.43. The Morgan fingerprint density at radius 1 is 1.44 bits per heavy atom. The molecule has 0 amide bonds. The zero-order valence-corrected chi connectivity index (χ0v) is 12.5. The average molecular weight is 268 g/mol. The largest absolute Gasteiger partial charge is 0.391 e. The van der Waals surface area contributed by atoms with Gasteiger partial charge in [-0.1, -0.05) is 31.6 Å². The summed E-state index contributed by atoms with van der Waals surface area (Å²) in [7, 11) is 0. The summed E-state index contributed by atoms with van der Waals surface area (Å²) in [6, 6.07) is 0.561. The predicted molar refractivity (Wildman–Crippen MR) is 77.2 cm³/mol. The standard InChI is InChI=1S/C14H24N2OS/c1-4-6-12-13(9-17)18-14(15-12)16-8-5-7-10(2)11(16)3/h10-11,17H,4-9H2,1-3H3. The molecule has 18 heavy (non-hydrogen) atoms. The van der Waals surface area contributed by atoms with Gasteiger partial charge in [-0.2, -0.15) is 0 Å². The van der Waals surface area contributed by atoms with Crippen molar-refractivity contribution in [3.05, 3.63) is 10.6 Å². The van der Waals surface area contributed by atoms with E-state index in [0.29, 0.717) is 6.04 Å². The van der Waals surface area contributed by atoms with E-state index in [0.717, 1.165) is 41.0 Å². The Labute approximate surface area is 114 Å². The van der Waals surface area contributed by atoms with Crippen LogP contribution in [-0.4, -0.2) is 22.7 Å². The van der Waals surface area contributed by atoms with Crippen molar-refractivity contribution in [3.63, 3.8) is 0 Å². The van der Waals surface area contributed by atoms with Crippen molar-refractivity contribution in [1.29, 1.82) is 0 Å². The average Bonchev–Trinajstić information content (AvgIpc) is 2.76. The third-order valence-corrected chi connectivity index (χ3v) is 5.14. The first kappa shape index (κ1) is 13.8. The molecular formula is C14H24N2OS. The highest BCUT2D eigenvalue weighted by Crippen LogP contribution is 2.33. The van der Waals surface area contributed by atoms with E-state index < -0.39 is 0 Å². The molecular weight excluding hydrogens is 244 g/mol. The summed E-state index contributed by atoms with van der Waals surface area (Å²) >= 11 is 1.68. The van der Waals surface area contributed by atoms with Crippen LogP contribution in [0.5, 0.6) is 0 Å². The van der Waals surface area contributed by atoms with Crippen LogP contribution in [0.1, 0.15) is 50.6 Å². The Kier molecular flexibility index (Phi) is 4.62. The summed E-state index contributed by atoms with van der Waals surface area (Å²) < 4.78 is 0. The van der Waals surface area contributed by atoms with Crippen LogP contribution in [0.4, 0.5) is 5.13 Å². The second-order valence-electron chi connectivity index (χ2n) is 5.33. The van der Waals surface area contributed by atoms with Gasteiger partial charge in [0.1, 0.15) is 0 Å². The van der Waals surface area contributed by atoms with Gasteiger partial charge in [-0.25, -0.2) is 4.98 Å². The fraction of sp³-hybridized carbons (Fsp3) is 0.786. The second-order valence-corrected chi connectivity index (χ2v) is 6.39. The van der Waals surface area contributed by atoms with Crippen LogP contribution in [-0.2, 0) is 13.0 Å². The van der Waals surface area contributed by atoms with Crippen LogP contribution in [0.15, 0.2) is 0 Å². The highest BCUT2D eigenvalue weighted by molar-refractivity contribution is 7.15. The van der Waals surface area contributed by atoms with Gasteiger partial charge in [0.05, 0.1) is 17.2 Å². The Bertz CT molecular complexity index is 391. The topological polar surface area (TPSA) is 36.4 Å². The summed E-state index contributed by atoms with van der Waals surface area (Å²) in [5.41, 5.74) is 1.10. The van der Waals surface area contributed by atoms with Gasteiger partial charge < -0.3 is 10.0 Å². The Morgan fingerprint density at radius 3 is 2.89 bits per heavy atom. The summed E-state index contributed by atoms with van der Waals surface area (Å²) in [6.07, 6.45) is 4.63. The fourth-order valence-electron chi connectivity index (χ4n) is 2.65. The van der Waals surface area contributed by atoms with Gasteiger partial charge in [0, 0.05) is 12.6 Å². The quantitative estimate of drug-likeness (QED) is 0.911. The molecule has 1 aliphatic rings. The number of hydrogen-bond donors (Lipinski definition) is 1. The molecule has 1 N–H and O–H groups in total. The molecule has 1 fully saturated rings. The number of nitrogens with zero attached hydrogens (tertiary/aromatic N) is 2. The summed E-state index contributed by atoms with van der Waals surface area (Å²) in [5, 5.41) is 10.5. The van der Waals surface area contributed by atoms with E-state index in [2.05, 4.69) is 25.7 Å². The summed E-state index contributed by atoms with van der Waals surface area (Å²) in [4.78, 5) is 8.24. The SMILES string of the molecule is CCCc1nc(N2CCCC(C)C2C)sc1CO. The van der Waals surface area contributed by atoms with Crippen LogP contribution in [0.3, 0.4) is 0 Å². The number of thiazole rings is 1. The minimum absolute atomic E-state index is 0.130.